The monoisotopic (exact) mass is 161 g/mol. The molecule has 0 aliphatic heterocycles. The van der Waals surface area contributed by atoms with E-state index in [-0.39, 0.29) is 0 Å². The van der Waals surface area contributed by atoms with Crippen molar-refractivity contribution < 1.29 is 0 Å². The van der Waals surface area contributed by atoms with Gasteiger partial charge in [0.1, 0.15) is 0 Å². The second-order valence-electron chi connectivity index (χ2n) is 3.03. The number of pyridine rings is 1. The Morgan fingerprint density at radius 3 is 2.75 bits per heavy atom. The Kier molecular flexibility index (Phi) is 1.40. The van der Waals surface area contributed by atoms with E-state index in [2.05, 4.69) is 16.1 Å². The molecule has 0 aliphatic carbocycles. The summed E-state index contributed by atoms with van der Waals surface area (Å²) < 4.78 is 1.86. The quantitative estimate of drug-likeness (QED) is 0.587. The summed E-state index contributed by atoms with van der Waals surface area (Å²) in [6.45, 7) is 4.02. The molecule has 0 saturated carbocycles. The highest BCUT2D eigenvalue weighted by Gasteiger charge is 2.04. The van der Waals surface area contributed by atoms with Gasteiger partial charge in [0.25, 0.3) is 0 Å². The summed E-state index contributed by atoms with van der Waals surface area (Å²) in [6.07, 6.45) is 0. The molecule has 2 heterocycles. The van der Waals surface area contributed by atoms with E-state index in [0.717, 1.165) is 22.4 Å². The van der Waals surface area contributed by atoms with Crippen molar-refractivity contribution in [3.05, 3.63) is 23.5 Å². The Balaban J connectivity index is 2.87. The van der Waals surface area contributed by atoms with E-state index in [1.54, 1.807) is 0 Å². The van der Waals surface area contributed by atoms with Crippen molar-refractivity contribution in [3.63, 3.8) is 0 Å². The van der Waals surface area contributed by atoms with Gasteiger partial charge in [-0.3, -0.25) is 4.68 Å². The van der Waals surface area contributed by atoms with Crippen molar-refractivity contribution in [3.8, 4) is 0 Å². The molecule has 0 unspecified atom stereocenters. The number of nitrogens with zero attached hydrogens (tertiary/aromatic N) is 3. The third-order valence-corrected chi connectivity index (χ3v) is 2.13. The minimum atomic E-state index is 0.843. The predicted octanol–water partition coefficient (Wildman–Crippen LogP) is 1.59. The van der Waals surface area contributed by atoms with Gasteiger partial charge in [0.2, 0.25) is 0 Å². The Hall–Kier alpha value is -1.38. The van der Waals surface area contributed by atoms with Gasteiger partial charge in [-0.2, -0.15) is 5.10 Å². The Bertz CT molecular complexity index is 429. The molecule has 0 saturated heterocycles. The number of rotatable bonds is 0. The number of fused-ring (bicyclic) bond motifs is 1. The maximum absolute atomic E-state index is 4.33. The third kappa shape index (κ3) is 0.897. The molecule has 3 heteroatoms. The maximum Gasteiger partial charge on any atom is 0.181 e. The summed E-state index contributed by atoms with van der Waals surface area (Å²) in [4.78, 5) is 4.33. The first-order valence-corrected chi connectivity index (χ1v) is 3.95. The van der Waals surface area contributed by atoms with Crippen molar-refractivity contribution in [2.24, 2.45) is 7.05 Å². The zero-order chi connectivity index (χ0) is 8.72. The molecule has 0 radical (unpaired) electrons. The van der Waals surface area contributed by atoms with Crippen molar-refractivity contribution in [1.29, 1.82) is 0 Å². The lowest BCUT2D eigenvalue weighted by molar-refractivity contribution is 0.747. The summed E-state index contributed by atoms with van der Waals surface area (Å²) in [5, 5.41) is 5.42. The molecule has 0 fully saturated rings. The van der Waals surface area contributed by atoms with Crippen LogP contribution in [0.4, 0.5) is 0 Å². The summed E-state index contributed by atoms with van der Waals surface area (Å²) in [5.74, 6) is 0. The summed E-state index contributed by atoms with van der Waals surface area (Å²) in [5.41, 5.74) is 3.02. The van der Waals surface area contributed by atoms with Crippen LogP contribution in [0, 0.1) is 13.8 Å². The molecule has 62 valence electrons. The van der Waals surface area contributed by atoms with Gasteiger partial charge in [0.05, 0.1) is 0 Å². The van der Waals surface area contributed by atoms with E-state index < -0.39 is 0 Å². The fourth-order valence-corrected chi connectivity index (χ4v) is 1.29. The van der Waals surface area contributed by atoms with E-state index in [4.69, 9.17) is 0 Å². The van der Waals surface area contributed by atoms with Crippen LogP contribution < -0.4 is 0 Å². The van der Waals surface area contributed by atoms with Crippen LogP contribution in [0.5, 0.6) is 0 Å². The summed E-state index contributed by atoms with van der Waals surface area (Å²) in [6, 6.07) is 4.08. The molecule has 0 bridgehead atoms. The maximum atomic E-state index is 4.33. The molecule has 0 amide bonds. The molecule has 0 atom stereocenters. The van der Waals surface area contributed by atoms with Crippen LogP contribution in [-0.2, 0) is 7.05 Å². The van der Waals surface area contributed by atoms with Crippen LogP contribution >= 0.6 is 0 Å². The molecular formula is C9H11N3. The van der Waals surface area contributed by atoms with Crippen molar-refractivity contribution in [2.75, 3.05) is 0 Å². The molecular weight excluding hydrogens is 150 g/mol. The fraction of sp³-hybridized carbons (Fsp3) is 0.333. The molecule has 3 nitrogen and oxygen atoms in total. The lowest BCUT2D eigenvalue weighted by Crippen LogP contribution is -1.91. The van der Waals surface area contributed by atoms with E-state index >= 15 is 0 Å². The SMILES string of the molecule is Cc1ccc2c(C)n(C)nc2n1. The molecule has 2 aromatic heterocycles. The number of hydrogen-bond acceptors (Lipinski definition) is 2. The van der Waals surface area contributed by atoms with Gasteiger partial charge in [-0.15, -0.1) is 0 Å². The Morgan fingerprint density at radius 1 is 1.25 bits per heavy atom. The topological polar surface area (TPSA) is 30.7 Å². The lowest BCUT2D eigenvalue weighted by Gasteiger charge is -1.91. The highest BCUT2D eigenvalue weighted by molar-refractivity contribution is 5.77. The standard InChI is InChI=1S/C9H11N3/c1-6-4-5-8-7(2)12(3)11-9(8)10-6/h4-5H,1-3H3. The minimum Gasteiger partial charge on any atom is -0.270 e. The fourth-order valence-electron chi connectivity index (χ4n) is 1.29. The predicted molar refractivity (Wildman–Crippen MR) is 48.0 cm³/mol. The molecule has 0 aromatic carbocycles. The van der Waals surface area contributed by atoms with Gasteiger partial charge in [0.15, 0.2) is 5.65 Å². The van der Waals surface area contributed by atoms with Crippen LogP contribution in [0.2, 0.25) is 0 Å². The smallest absolute Gasteiger partial charge is 0.181 e. The second kappa shape index (κ2) is 2.30. The van der Waals surface area contributed by atoms with Gasteiger partial charge in [-0.25, -0.2) is 4.98 Å². The van der Waals surface area contributed by atoms with E-state index in [0.29, 0.717) is 0 Å². The molecule has 12 heavy (non-hydrogen) atoms. The van der Waals surface area contributed by atoms with Gasteiger partial charge in [0, 0.05) is 23.8 Å². The van der Waals surface area contributed by atoms with Gasteiger partial charge >= 0.3 is 0 Å². The van der Waals surface area contributed by atoms with Gasteiger partial charge < -0.3 is 0 Å². The molecule has 0 spiro atoms. The molecule has 0 aliphatic rings. The van der Waals surface area contributed by atoms with Crippen LogP contribution in [-0.4, -0.2) is 14.8 Å². The first-order valence-electron chi connectivity index (χ1n) is 3.95. The van der Waals surface area contributed by atoms with E-state index in [9.17, 15) is 0 Å². The van der Waals surface area contributed by atoms with Crippen LogP contribution in [0.25, 0.3) is 11.0 Å². The molecule has 2 aromatic rings. The molecule has 2 rings (SSSR count). The van der Waals surface area contributed by atoms with Crippen LogP contribution in [0.1, 0.15) is 11.4 Å². The summed E-state index contributed by atoms with van der Waals surface area (Å²) in [7, 11) is 1.94. The van der Waals surface area contributed by atoms with E-state index in [1.165, 1.54) is 0 Å². The zero-order valence-electron chi connectivity index (χ0n) is 7.50. The van der Waals surface area contributed by atoms with E-state index in [1.807, 2.05) is 31.6 Å². The van der Waals surface area contributed by atoms with Crippen molar-refractivity contribution in [1.82, 2.24) is 14.8 Å². The largest absolute Gasteiger partial charge is 0.270 e. The Morgan fingerprint density at radius 2 is 2.00 bits per heavy atom. The zero-order valence-corrected chi connectivity index (χ0v) is 7.50. The van der Waals surface area contributed by atoms with Gasteiger partial charge in [-0.1, -0.05) is 0 Å². The molecule has 0 N–H and O–H groups in total. The van der Waals surface area contributed by atoms with Crippen molar-refractivity contribution in [2.45, 2.75) is 13.8 Å². The van der Waals surface area contributed by atoms with Crippen molar-refractivity contribution >= 4 is 11.0 Å². The normalized spacial score (nSPS) is 10.9. The van der Waals surface area contributed by atoms with Gasteiger partial charge in [-0.05, 0) is 26.0 Å². The lowest BCUT2D eigenvalue weighted by atomic mass is 10.2. The highest BCUT2D eigenvalue weighted by atomic mass is 15.3. The first-order chi connectivity index (χ1) is 5.68. The number of aryl methyl sites for hydroxylation is 3. The number of hydrogen-bond donors (Lipinski definition) is 0. The third-order valence-electron chi connectivity index (χ3n) is 2.13. The first kappa shape index (κ1) is 7.28. The Labute approximate surface area is 71.0 Å². The highest BCUT2D eigenvalue weighted by Crippen LogP contribution is 2.14. The average Bonchev–Trinajstić information content (AvgIpc) is 2.28. The van der Waals surface area contributed by atoms with Crippen LogP contribution in [0.3, 0.4) is 0 Å². The number of aromatic nitrogens is 3. The second-order valence-corrected chi connectivity index (χ2v) is 3.03. The van der Waals surface area contributed by atoms with Crippen LogP contribution in [0.15, 0.2) is 12.1 Å². The average molecular weight is 161 g/mol. The minimum absolute atomic E-state index is 0.843. The summed E-state index contributed by atoms with van der Waals surface area (Å²) >= 11 is 0.